The Morgan fingerprint density at radius 3 is 2.38 bits per heavy atom. The van der Waals surface area contributed by atoms with E-state index in [1.54, 1.807) is 11.3 Å². The Morgan fingerprint density at radius 1 is 1.25 bits per heavy atom. The minimum atomic E-state index is -0.133. The van der Waals surface area contributed by atoms with Gasteiger partial charge in [-0.15, -0.1) is 10.2 Å². The first-order valence-electron chi connectivity index (χ1n) is 5.74. The molecule has 2 rings (SSSR count). The second kappa shape index (κ2) is 4.30. The molecule has 1 fully saturated rings. The predicted octanol–water partition coefficient (Wildman–Crippen LogP) is 1.80. The molecule has 0 amide bonds. The molecule has 1 aliphatic rings. The fourth-order valence-electron chi connectivity index (χ4n) is 1.70. The third-order valence-electron chi connectivity index (χ3n) is 2.79. The molecule has 0 bridgehead atoms. The van der Waals surface area contributed by atoms with Crippen LogP contribution in [0.3, 0.4) is 0 Å². The zero-order chi connectivity index (χ0) is 11.8. The maximum Gasteiger partial charge on any atom is 0.208 e. The lowest BCUT2D eigenvalue weighted by Gasteiger charge is -2.28. The highest BCUT2D eigenvalue weighted by Crippen LogP contribution is 2.30. The third kappa shape index (κ3) is 2.52. The van der Waals surface area contributed by atoms with Gasteiger partial charge in [-0.2, -0.15) is 0 Å². The van der Waals surface area contributed by atoms with Crippen LogP contribution in [0.2, 0.25) is 0 Å². The molecular weight excluding hydrogens is 222 g/mol. The van der Waals surface area contributed by atoms with Crippen LogP contribution in [0.1, 0.15) is 38.6 Å². The molecule has 90 valence electrons. The van der Waals surface area contributed by atoms with E-state index in [-0.39, 0.29) is 11.5 Å². The quantitative estimate of drug-likeness (QED) is 0.814. The normalized spacial score (nSPS) is 19.1. The van der Waals surface area contributed by atoms with Crippen LogP contribution in [0.25, 0.3) is 0 Å². The molecule has 16 heavy (non-hydrogen) atoms. The number of hydrogen-bond donors (Lipinski definition) is 1. The molecule has 0 radical (unpaired) electrons. The maximum atomic E-state index is 9.45. The van der Waals surface area contributed by atoms with Crippen LogP contribution in [0.4, 0.5) is 5.13 Å². The van der Waals surface area contributed by atoms with E-state index in [9.17, 15) is 5.11 Å². The Morgan fingerprint density at radius 2 is 1.88 bits per heavy atom. The van der Waals surface area contributed by atoms with Crippen LogP contribution in [-0.4, -0.2) is 34.5 Å². The largest absolute Gasteiger partial charge is 0.393 e. The Kier molecular flexibility index (Phi) is 3.17. The first-order valence-corrected chi connectivity index (χ1v) is 6.55. The van der Waals surface area contributed by atoms with Gasteiger partial charge in [-0.05, 0) is 12.8 Å². The second-order valence-electron chi connectivity index (χ2n) is 5.36. The van der Waals surface area contributed by atoms with Gasteiger partial charge in [0, 0.05) is 18.5 Å². The fourth-order valence-corrected chi connectivity index (χ4v) is 2.66. The summed E-state index contributed by atoms with van der Waals surface area (Å²) in [6.45, 7) is 8.23. The maximum absolute atomic E-state index is 9.45. The standard InChI is InChI=1S/C11H19N3OS/c1-11(2,3)9-12-13-10(16-9)14-6-4-8(15)5-7-14/h8,15H,4-7H2,1-3H3. The van der Waals surface area contributed by atoms with Gasteiger partial charge >= 0.3 is 0 Å². The van der Waals surface area contributed by atoms with E-state index in [4.69, 9.17) is 0 Å². The van der Waals surface area contributed by atoms with Gasteiger partial charge < -0.3 is 10.0 Å². The van der Waals surface area contributed by atoms with Crippen LogP contribution in [0.15, 0.2) is 0 Å². The zero-order valence-electron chi connectivity index (χ0n) is 10.1. The Bertz CT molecular complexity index is 350. The first-order chi connectivity index (χ1) is 7.47. The average molecular weight is 241 g/mol. The number of aliphatic hydroxyl groups is 1. The number of hydrogen-bond acceptors (Lipinski definition) is 5. The van der Waals surface area contributed by atoms with E-state index in [1.165, 1.54) is 0 Å². The number of aliphatic hydroxyl groups excluding tert-OH is 1. The van der Waals surface area contributed by atoms with Gasteiger partial charge in [-0.3, -0.25) is 0 Å². The van der Waals surface area contributed by atoms with Crippen molar-refractivity contribution in [3.05, 3.63) is 5.01 Å². The minimum Gasteiger partial charge on any atom is -0.393 e. The molecule has 1 aromatic heterocycles. The van der Waals surface area contributed by atoms with Gasteiger partial charge in [-0.1, -0.05) is 32.1 Å². The molecule has 0 saturated carbocycles. The van der Waals surface area contributed by atoms with Gasteiger partial charge in [0.05, 0.1) is 6.10 Å². The summed E-state index contributed by atoms with van der Waals surface area (Å²) in [5.41, 5.74) is 0.0746. The number of nitrogens with zero attached hydrogens (tertiary/aromatic N) is 3. The second-order valence-corrected chi connectivity index (χ2v) is 6.31. The molecule has 5 heteroatoms. The number of anilines is 1. The fraction of sp³-hybridized carbons (Fsp3) is 0.818. The molecule has 1 aromatic rings. The summed E-state index contributed by atoms with van der Waals surface area (Å²) < 4.78 is 0. The molecule has 1 aliphatic heterocycles. The van der Waals surface area contributed by atoms with Crippen molar-refractivity contribution in [2.75, 3.05) is 18.0 Å². The molecule has 0 aliphatic carbocycles. The van der Waals surface area contributed by atoms with E-state index < -0.39 is 0 Å². The Balaban J connectivity index is 2.08. The van der Waals surface area contributed by atoms with Crippen molar-refractivity contribution < 1.29 is 5.11 Å². The smallest absolute Gasteiger partial charge is 0.208 e. The van der Waals surface area contributed by atoms with Crippen LogP contribution in [-0.2, 0) is 5.41 Å². The molecule has 0 unspecified atom stereocenters. The van der Waals surface area contributed by atoms with Crippen molar-refractivity contribution in [1.29, 1.82) is 0 Å². The van der Waals surface area contributed by atoms with E-state index in [2.05, 4.69) is 35.9 Å². The predicted molar refractivity (Wildman–Crippen MR) is 66.1 cm³/mol. The lowest BCUT2D eigenvalue weighted by atomic mass is 9.98. The molecule has 0 aromatic carbocycles. The first kappa shape index (κ1) is 11.8. The summed E-state index contributed by atoms with van der Waals surface area (Å²) in [7, 11) is 0. The molecule has 0 spiro atoms. The van der Waals surface area contributed by atoms with Gasteiger partial charge in [0.25, 0.3) is 0 Å². The van der Waals surface area contributed by atoms with Crippen LogP contribution in [0, 0.1) is 0 Å². The highest BCUT2D eigenvalue weighted by atomic mass is 32.1. The van der Waals surface area contributed by atoms with E-state index in [0.29, 0.717) is 0 Å². The summed E-state index contributed by atoms with van der Waals surface area (Å²) in [5, 5.41) is 20.0. The topological polar surface area (TPSA) is 49.2 Å². The van der Waals surface area contributed by atoms with E-state index in [1.807, 2.05) is 0 Å². The van der Waals surface area contributed by atoms with E-state index in [0.717, 1.165) is 36.1 Å². The van der Waals surface area contributed by atoms with Crippen molar-refractivity contribution in [1.82, 2.24) is 10.2 Å². The van der Waals surface area contributed by atoms with Crippen molar-refractivity contribution in [3.8, 4) is 0 Å². The van der Waals surface area contributed by atoms with Gasteiger partial charge in [0.2, 0.25) is 5.13 Å². The third-order valence-corrected chi connectivity index (χ3v) is 4.20. The van der Waals surface area contributed by atoms with Crippen molar-refractivity contribution in [2.45, 2.75) is 45.1 Å². The van der Waals surface area contributed by atoms with E-state index >= 15 is 0 Å². The highest BCUT2D eigenvalue weighted by Gasteiger charge is 2.24. The summed E-state index contributed by atoms with van der Waals surface area (Å²) in [6.07, 6.45) is 1.54. The Labute approximate surface area is 100 Å². The number of aromatic nitrogens is 2. The Hall–Kier alpha value is -0.680. The number of rotatable bonds is 1. The van der Waals surface area contributed by atoms with Crippen molar-refractivity contribution >= 4 is 16.5 Å². The molecule has 4 nitrogen and oxygen atoms in total. The SMILES string of the molecule is CC(C)(C)c1nnc(N2CCC(O)CC2)s1. The van der Waals surface area contributed by atoms with Gasteiger partial charge in [0.1, 0.15) is 5.01 Å². The minimum absolute atomic E-state index is 0.0746. The molecule has 0 atom stereocenters. The molecule has 1 saturated heterocycles. The van der Waals surface area contributed by atoms with Crippen molar-refractivity contribution in [3.63, 3.8) is 0 Å². The lowest BCUT2D eigenvalue weighted by molar-refractivity contribution is 0.145. The lowest BCUT2D eigenvalue weighted by Crippen LogP contribution is -2.35. The summed E-state index contributed by atoms with van der Waals surface area (Å²) in [6, 6.07) is 0. The number of piperidine rings is 1. The summed E-state index contributed by atoms with van der Waals surface area (Å²) in [4.78, 5) is 2.22. The average Bonchev–Trinajstić information content (AvgIpc) is 2.67. The monoisotopic (exact) mass is 241 g/mol. The van der Waals surface area contributed by atoms with Crippen LogP contribution >= 0.6 is 11.3 Å². The van der Waals surface area contributed by atoms with Crippen LogP contribution < -0.4 is 4.90 Å². The van der Waals surface area contributed by atoms with Crippen LogP contribution in [0.5, 0.6) is 0 Å². The van der Waals surface area contributed by atoms with Gasteiger partial charge in [0.15, 0.2) is 0 Å². The highest BCUT2D eigenvalue weighted by molar-refractivity contribution is 7.15. The summed E-state index contributed by atoms with van der Waals surface area (Å²) >= 11 is 1.67. The van der Waals surface area contributed by atoms with Gasteiger partial charge in [-0.25, -0.2) is 0 Å². The summed E-state index contributed by atoms with van der Waals surface area (Å²) in [5.74, 6) is 0. The molecule has 1 N–H and O–H groups in total. The zero-order valence-corrected chi connectivity index (χ0v) is 10.9. The molecule has 2 heterocycles. The molecular formula is C11H19N3OS. The van der Waals surface area contributed by atoms with Crippen molar-refractivity contribution in [2.24, 2.45) is 0 Å².